The lowest BCUT2D eigenvalue weighted by Gasteiger charge is -2.33. The first-order valence-corrected chi connectivity index (χ1v) is 14.8. The van der Waals surface area contributed by atoms with Crippen LogP contribution >= 0.6 is 0 Å². The summed E-state index contributed by atoms with van der Waals surface area (Å²) in [5, 5.41) is 2.93. The number of carbonyl (C=O) groups is 2. The second-order valence-corrected chi connectivity index (χ2v) is 11.4. The molecule has 1 unspecified atom stereocenters. The van der Waals surface area contributed by atoms with E-state index in [0.717, 1.165) is 33.7 Å². The third kappa shape index (κ3) is 8.58. The minimum absolute atomic E-state index is 0.0957. The number of carbonyl (C=O) groups excluding carboxylic acids is 2. The smallest absolute Gasteiger partial charge is 0.244 e. The number of rotatable bonds is 13. The molecule has 0 saturated heterocycles. The zero-order chi connectivity index (χ0) is 28.4. The number of methoxy groups -OCH3 is 1. The van der Waals surface area contributed by atoms with Crippen molar-refractivity contribution in [3.8, 4) is 5.75 Å². The molecule has 0 radical (unpaired) electrons. The molecule has 8 nitrogen and oxygen atoms in total. The number of hydrogen-bond donors (Lipinski definition) is 1. The van der Waals surface area contributed by atoms with Crippen LogP contribution < -0.4 is 14.4 Å². The zero-order valence-corrected chi connectivity index (χ0v) is 23.8. The molecule has 0 aliphatic rings. The van der Waals surface area contributed by atoms with Crippen molar-refractivity contribution in [2.24, 2.45) is 0 Å². The summed E-state index contributed by atoms with van der Waals surface area (Å²) in [4.78, 5) is 29.0. The highest BCUT2D eigenvalue weighted by atomic mass is 32.2. The minimum atomic E-state index is -3.80. The van der Waals surface area contributed by atoms with Gasteiger partial charge in [-0.1, -0.05) is 61.5 Å². The molecule has 9 heteroatoms. The lowest BCUT2D eigenvalue weighted by atomic mass is 10.0. The van der Waals surface area contributed by atoms with E-state index in [0.29, 0.717) is 18.0 Å². The lowest BCUT2D eigenvalue weighted by Crippen LogP contribution is -2.53. The van der Waals surface area contributed by atoms with Crippen molar-refractivity contribution in [1.29, 1.82) is 0 Å². The van der Waals surface area contributed by atoms with E-state index in [-0.39, 0.29) is 18.9 Å². The van der Waals surface area contributed by atoms with E-state index in [1.807, 2.05) is 62.4 Å². The SMILES string of the molecule is CCCNC(=O)C(Cc1ccccc1)N(Cc1cccc(OC)c1)C(=O)CN(c1cccc(C)c1)S(C)(=O)=O. The van der Waals surface area contributed by atoms with Crippen molar-refractivity contribution >= 4 is 27.5 Å². The summed E-state index contributed by atoms with van der Waals surface area (Å²) in [5.41, 5.74) is 2.90. The Morgan fingerprint density at radius 1 is 0.949 bits per heavy atom. The Morgan fingerprint density at radius 2 is 1.64 bits per heavy atom. The number of ether oxygens (including phenoxy) is 1. The Morgan fingerprint density at radius 3 is 2.28 bits per heavy atom. The summed E-state index contributed by atoms with van der Waals surface area (Å²) in [6.45, 7) is 3.92. The molecule has 3 aromatic carbocycles. The predicted molar refractivity (Wildman–Crippen MR) is 154 cm³/mol. The van der Waals surface area contributed by atoms with Gasteiger partial charge >= 0.3 is 0 Å². The van der Waals surface area contributed by atoms with Crippen molar-refractivity contribution in [3.05, 3.63) is 95.6 Å². The van der Waals surface area contributed by atoms with Gasteiger partial charge in [0.15, 0.2) is 0 Å². The lowest BCUT2D eigenvalue weighted by molar-refractivity contribution is -0.140. The molecule has 3 rings (SSSR count). The second-order valence-electron chi connectivity index (χ2n) is 9.48. The van der Waals surface area contributed by atoms with E-state index < -0.39 is 28.5 Å². The molecule has 0 fully saturated rings. The second kappa shape index (κ2) is 13.8. The van der Waals surface area contributed by atoms with Gasteiger partial charge in [0.05, 0.1) is 19.1 Å². The van der Waals surface area contributed by atoms with Gasteiger partial charge in [-0.15, -0.1) is 0 Å². The maximum atomic E-state index is 14.0. The number of anilines is 1. The highest BCUT2D eigenvalue weighted by Crippen LogP contribution is 2.22. The first-order chi connectivity index (χ1) is 18.6. The molecule has 39 heavy (non-hydrogen) atoms. The number of benzene rings is 3. The van der Waals surface area contributed by atoms with Gasteiger partial charge in [-0.3, -0.25) is 13.9 Å². The van der Waals surface area contributed by atoms with Crippen LogP contribution in [0.15, 0.2) is 78.9 Å². The van der Waals surface area contributed by atoms with E-state index in [1.165, 1.54) is 4.90 Å². The van der Waals surface area contributed by atoms with Crippen LogP contribution in [0.2, 0.25) is 0 Å². The summed E-state index contributed by atoms with van der Waals surface area (Å²) >= 11 is 0. The number of amides is 2. The molecule has 0 bridgehead atoms. The standard InChI is InChI=1S/C30H37N3O5S/c1-5-17-31-30(35)28(20-24-12-7-6-8-13-24)32(21-25-14-10-16-27(19-25)38-3)29(34)22-33(39(4,36)37)26-15-9-11-23(2)18-26/h6-16,18-19,28H,5,17,20-22H2,1-4H3,(H,31,35). The average Bonchev–Trinajstić information content (AvgIpc) is 2.92. The fraction of sp³-hybridized carbons (Fsp3) is 0.333. The van der Waals surface area contributed by atoms with Gasteiger partial charge in [0.25, 0.3) is 0 Å². The molecule has 2 amide bonds. The van der Waals surface area contributed by atoms with Crippen molar-refractivity contribution in [2.45, 2.75) is 39.3 Å². The molecular formula is C30H37N3O5S. The fourth-order valence-electron chi connectivity index (χ4n) is 4.28. The maximum absolute atomic E-state index is 14.0. The minimum Gasteiger partial charge on any atom is -0.497 e. The first-order valence-electron chi connectivity index (χ1n) is 12.9. The third-order valence-electron chi connectivity index (χ3n) is 6.28. The summed E-state index contributed by atoms with van der Waals surface area (Å²) in [7, 11) is -2.24. The van der Waals surface area contributed by atoms with Crippen LogP contribution in [-0.2, 0) is 32.6 Å². The number of aryl methyl sites for hydroxylation is 1. The van der Waals surface area contributed by atoms with Crippen LogP contribution in [-0.4, -0.2) is 57.6 Å². The fourth-order valence-corrected chi connectivity index (χ4v) is 5.13. The van der Waals surface area contributed by atoms with Gasteiger partial charge < -0.3 is 15.0 Å². The van der Waals surface area contributed by atoms with Crippen molar-refractivity contribution < 1.29 is 22.7 Å². The molecule has 0 saturated carbocycles. The van der Waals surface area contributed by atoms with Crippen molar-refractivity contribution in [2.75, 3.05) is 30.8 Å². The molecule has 3 aromatic rings. The Bertz CT molecular complexity index is 1360. The van der Waals surface area contributed by atoms with Crippen molar-refractivity contribution in [3.63, 3.8) is 0 Å². The van der Waals surface area contributed by atoms with Crippen LogP contribution in [0.25, 0.3) is 0 Å². The van der Waals surface area contributed by atoms with Crippen molar-refractivity contribution in [1.82, 2.24) is 10.2 Å². The highest BCUT2D eigenvalue weighted by Gasteiger charge is 2.33. The Labute approximate surface area is 231 Å². The largest absolute Gasteiger partial charge is 0.497 e. The van der Waals surface area contributed by atoms with Gasteiger partial charge in [0, 0.05) is 19.5 Å². The van der Waals surface area contributed by atoms with Crippen LogP contribution in [0.3, 0.4) is 0 Å². The Kier molecular flexibility index (Phi) is 10.5. The van der Waals surface area contributed by atoms with E-state index in [4.69, 9.17) is 4.74 Å². The average molecular weight is 552 g/mol. The molecule has 1 atom stereocenters. The number of sulfonamides is 1. The molecule has 0 heterocycles. The molecular weight excluding hydrogens is 514 g/mol. The van der Waals surface area contributed by atoms with Crippen LogP contribution in [0.5, 0.6) is 5.75 Å². The maximum Gasteiger partial charge on any atom is 0.244 e. The van der Waals surface area contributed by atoms with Gasteiger partial charge in [0.2, 0.25) is 21.8 Å². The Balaban J connectivity index is 2.05. The third-order valence-corrected chi connectivity index (χ3v) is 7.42. The van der Waals surface area contributed by atoms with Gasteiger partial charge in [-0.25, -0.2) is 8.42 Å². The van der Waals surface area contributed by atoms with E-state index >= 15 is 0 Å². The summed E-state index contributed by atoms with van der Waals surface area (Å²) in [5.74, 6) is -0.164. The highest BCUT2D eigenvalue weighted by molar-refractivity contribution is 7.92. The number of nitrogens with one attached hydrogen (secondary N) is 1. The first kappa shape index (κ1) is 29.7. The predicted octanol–water partition coefficient (Wildman–Crippen LogP) is 3.94. The quantitative estimate of drug-likeness (QED) is 0.347. The van der Waals surface area contributed by atoms with Crippen LogP contribution in [0, 0.1) is 6.92 Å². The van der Waals surface area contributed by atoms with E-state index in [2.05, 4.69) is 5.32 Å². The zero-order valence-electron chi connectivity index (χ0n) is 23.0. The number of nitrogens with zero attached hydrogens (tertiary/aromatic N) is 2. The van der Waals surface area contributed by atoms with Gasteiger partial charge in [0.1, 0.15) is 18.3 Å². The van der Waals surface area contributed by atoms with Gasteiger partial charge in [-0.2, -0.15) is 0 Å². The van der Waals surface area contributed by atoms with Crippen LogP contribution in [0.4, 0.5) is 5.69 Å². The summed E-state index contributed by atoms with van der Waals surface area (Å²) in [6, 6.07) is 22.8. The summed E-state index contributed by atoms with van der Waals surface area (Å²) < 4.78 is 32.1. The van der Waals surface area contributed by atoms with Gasteiger partial charge in [-0.05, 0) is 54.3 Å². The number of hydrogen-bond acceptors (Lipinski definition) is 5. The van der Waals surface area contributed by atoms with Crippen LogP contribution in [0.1, 0.15) is 30.0 Å². The molecule has 0 aromatic heterocycles. The topological polar surface area (TPSA) is 96.0 Å². The Hall–Kier alpha value is -3.85. The molecule has 1 N–H and O–H groups in total. The van der Waals surface area contributed by atoms with E-state index in [9.17, 15) is 18.0 Å². The molecule has 0 aliphatic carbocycles. The molecule has 208 valence electrons. The normalized spacial score (nSPS) is 11.9. The molecule has 0 spiro atoms. The molecule has 0 aliphatic heterocycles. The van der Waals surface area contributed by atoms with E-state index in [1.54, 1.807) is 37.4 Å². The summed E-state index contributed by atoms with van der Waals surface area (Å²) in [6.07, 6.45) is 2.09. The monoisotopic (exact) mass is 551 g/mol.